The first-order valence-corrected chi connectivity index (χ1v) is 5.99. The molecule has 1 aromatic carbocycles. The smallest absolute Gasteiger partial charge is 0.316 e. The number of hydrogen-bond donors (Lipinski definition) is 0. The molecule has 2 nitrogen and oxygen atoms in total. The lowest BCUT2D eigenvalue weighted by molar-refractivity contribution is -0.133. The predicted molar refractivity (Wildman–Crippen MR) is 65.1 cm³/mol. The fourth-order valence-electron chi connectivity index (χ4n) is 1.24. The number of carbonyl (C=O) groups is 1. The molecule has 16 heavy (non-hydrogen) atoms. The van der Waals surface area contributed by atoms with Crippen molar-refractivity contribution >= 4 is 28.9 Å². The van der Waals surface area contributed by atoms with Gasteiger partial charge in [-0.3, -0.25) is 4.79 Å². The molecule has 0 N–H and O–H groups in total. The zero-order chi connectivity index (χ0) is 11.4. The Morgan fingerprint density at radius 3 is 2.75 bits per heavy atom. The van der Waals surface area contributed by atoms with Crippen molar-refractivity contribution in [2.24, 2.45) is 0 Å². The molecule has 82 valence electrons. The molecule has 4 heteroatoms. The van der Waals surface area contributed by atoms with Gasteiger partial charge in [0.05, 0.1) is 11.4 Å². The maximum atomic E-state index is 11.6. The molecule has 0 fully saturated rings. The minimum Gasteiger partial charge on any atom is -0.425 e. The molecule has 1 heterocycles. The number of ether oxygens (including phenoxy) is 1. The van der Waals surface area contributed by atoms with Gasteiger partial charge in [-0.1, -0.05) is 29.8 Å². The predicted octanol–water partition coefficient (Wildman–Crippen LogP) is 3.55. The van der Waals surface area contributed by atoms with Crippen LogP contribution in [0.3, 0.4) is 0 Å². The summed E-state index contributed by atoms with van der Waals surface area (Å²) in [5.41, 5.74) is 0. The Balaban J connectivity index is 2.00. The van der Waals surface area contributed by atoms with Crippen LogP contribution in [-0.4, -0.2) is 5.97 Å². The third-order valence-corrected chi connectivity index (χ3v) is 3.15. The molecule has 0 aliphatic rings. The molecule has 0 amide bonds. The van der Waals surface area contributed by atoms with E-state index in [0.29, 0.717) is 10.8 Å². The van der Waals surface area contributed by atoms with Crippen molar-refractivity contribution in [2.75, 3.05) is 0 Å². The van der Waals surface area contributed by atoms with Gasteiger partial charge in [-0.2, -0.15) is 0 Å². The Hall–Kier alpha value is -1.32. The molecule has 0 aliphatic carbocycles. The zero-order valence-electron chi connectivity index (χ0n) is 8.35. The van der Waals surface area contributed by atoms with Crippen LogP contribution in [0.15, 0.2) is 41.8 Å². The highest BCUT2D eigenvalue weighted by Crippen LogP contribution is 2.23. The van der Waals surface area contributed by atoms with Crippen LogP contribution in [0.5, 0.6) is 5.75 Å². The van der Waals surface area contributed by atoms with Crippen molar-refractivity contribution in [3.8, 4) is 5.75 Å². The summed E-state index contributed by atoms with van der Waals surface area (Å²) in [5, 5.41) is 2.38. The van der Waals surface area contributed by atoms with E-state index < -0.39 is 0 Å². The molecule has 1 aromatic heterocycles. The molecule has 0 spiro atoms. The van der Waals surface area contributed by atoms with Gasteiger partial charge in [-0.25, -0.2) is 0 Å². The number of para-hydroxylation sites is 1. The summed E-state index contributed by atoms with van der Waals surface area (Å²) in [5.74, 6) is 0.112. The molecule has 2 aromatic rings. The maximum absolute atomic E-state index is 11.6. The van der Waals surface area contributed by atoms with Crippen molar-refractivity contribution in [2.45, 2.75) is 6.42 Å². The number of halogens is 1. The van der Waals surface area contributed by atoms with Gasteiger partial charge in [0.15, 0.2) is 0 Å². The molecule has 0 unspecified atom stereocenters. The van der Waals surface area contributed by atoms with E-state index in [-0.39, 0.29) is 12.4 Å². The van der Waals surface area contributed by atoms with Crippen molar-refractivity contribution in [1.82, 2.24) is 0 Å². The summed E-state index contributed by atoms with van der Waals surface area (Å²) in [6.45, 7) is 0. The lowest BCUT2D eigenvalue weighted by Crippen LogP contribution is -2.10. The van der Waals surface area contributed by atoms with E-state index >= 15 is 0 Å². The van der Waals surface area contributed by atoms with Crippen molar-refractivity contribution in [1.29, 1.82) is 0 Å². The average molecular weight is 253 g/mol. The van der Waals surface area contributed by atoms with E-state index in [1.165, 1.54) is 11.3 Å². The summed E-state index contributed by atoms with van der Waals surface area (Å²) in [4.78, 5) is 12.5. The molecular formula is C12H9ClO2S. The van der Waals surface area contributed by atoms with Gasteiger partial charge in [-0.05, 0) is 23.6 Å². The van der Waals surface area contributed by atoms with Gasteiger partial charge in [0.25, 0.3) is 0 Å². The first-order valence-electron chi connectivity index (χ1n) is 4.73. The van der Waals surface area contributed by atoms with Gasteiger partial charge >= 0.3 is 5.97 Å². The largest absolute Gasteiger partial charge is 0.425 e. The number of benzene rings is 1. The van der Waals surface area contributed by atoms with Crippen molar-refractivity contribution in [3.63, 3.8) is 0 Å². The number of carbonyl (C=O) groups excluding carboxylic acids is 1. The Morgan fingerprint density at radius 2 is 2.06 bits per heavy atom. The topological polar surface area (TPSA) is 26.3 Å². The van der Waals surface area contributed by atoms with Gasteiger partial charge in [0.1, 0.15) is 5.75 Å². The van der Waals surface area contributed by atoms with Crippen molar-refractivity contribution in [3.05, 3.63) is 51.7 Å². The van der Waals surface area contributed by atoms with Crippen LogP contribution in [-0.2, 0) is 11.2 Å². The van der Waals surface area contributed by atoms with Crippen LogP contribution < -0.4 is 4.74 Å². The molecule has 0 saturated carbocycles. The standard InChI is InChI=1S/C12H9ClO2S/c13-10-5-1-2-6-11(10)15-12(14)8-9-4-3-7-16-9/h1-7H,8H2. The highest BCUT2D eigenvalue weighted by atomic mass is 35.5. The van der Waals surface area contributed by atoms with Crippen LogP contribution >= 0.6 is 22.9 Å². The third-order valence-electron chi connectivity index (χ3n) is 1.96. The van der Waals surface area contributed by atoms with E-state index in [0.717, 1.165) is 4.88 Å². The number of rotatable bonds is 3. The summed E-state index contributed by atoms with van der Waals surface area (Å²) in [6, 6.07) is 10.7. The fraction of sp³-hybridized carbons (Fsp3) is 0.0833. The minimum absolute atomic E-state index is 0.281. The van der Waals surface area contributed by atoms with E-state index in [2.05, 4.69) is 0 Å². The number of hydrogen-bond acceptors (Lipinski definition) is 3. The molecule has 0 atom stereocenters. The minimum atomic E-state index is -0.296. The highest BCUT2D eigenvalue weighted by molar-refractivity contribution is 7.10. The monoisotopic (exact) mass is 252 g/mol. The Morgan fingerprint density at radius 1 is 1.25 bits per heavy atom. The second-order valence-corrected chi connectivity index (χ2v) is 4.60. The SMILES string of the molecule is O=C(Cc1cccs1)Oc1ccccc1Cl. The average Bonchev–Trinajstić information content (AvgIpc) is 2.74. The van der Waals surface area contributed by atoms with Gasteiger partial charge in [0.2, 0.25) is 0 Å². The lowest BCUT2D eigenvalue weighted by atomic mass is 10.3. The normalized spacial score (nSPS) is 10.1. The molecule has 0 aliphatic heterocycles. The quantitative estimate of drug-likeness (QED) is 0.617. The van der Waals surface area contributed by atoms with E-state index in [1.54, 1.807) is 24.3 Å². The van der Waals surface area contributed by atoms with Crippen LogP contribution in [0.2, 0.25) is 5.02 Å². The first-order chi connectivity index (χ1) is 7.75. The molecule has 0 bridgehead atoms. The molecule has 0 radical (unpaired) electrons. The first kappa shape index (κ1) is 11.2. The van der Waals surface area contributed by atoms with Crippen molar-refractivity contribution < 1.29 is 9.53 Å². The second-order valence-electron chi connectivity index (χ2n) is 3.16. The van der Waals surface area contributed by atoms with Gasteiger partial charge in [-0.15, -0.1) is 11.3 Å². The third kappa shape index (κ3) is 2.84. The Kier molecular flexibility index (Phi) is 3.59. The van der Waals surface area contributed by atoms with Crippen LogP contribution in [0.25, 0.3) is 0 Å². The highest BCUT2D eigenvalue weighted by Gasteiger charge is 2.09. The zero-order valence-corrected chi connectivity index (χ0v) is 9.92. The Labute approximate surface area is 102 Å². The van der Waals surface area contributed by atoms with Crippen LogP contribution in [0.1, 0.15) is 4.88 Å². The molecular weight excluding hydrogens is 244 g/mol. The number of esters is 1. The summed E-state index contributed by atoms with van der Waals surface area (Å²) >= 11 is 7.41. The lowest BCUT2D eigenvalue weighted by Gasteiger charge is -2.04. The summed E-state index contributed by atoms with van der Waals surface area (Å²) in [6.07, 6.45) is 0.281. The van der Waals surface area contributed by atoms with E-state index in [9.17, 15) is 4.79 Å². The van der Waals surface area contributed by atoms with Crippen LogP contribution in [0.4, 0.5) is 0 Å². The Bertz CT molecular complexity index is 480. The van der Waals surface area contributed by atoms with E-state index in [4.69, 9.17) is 16.3 Å². The van der Waals surface area contributed by atoms with E-state index in [1.807, 2.05) is 17.5 Å². The molecule has 0 saturated heterocycles. The van der Waals surface area contributed by atoms with Gasteiger partial charge in [0, 0.05) is 4.88 Å². The fourth-order valence-corrected chi connectivity index (χ4v) is 2.11. The second kappa shape index (κ2) is 5.14. The summed E-state index contributed by atoms with van der Waals surface area (Å²) < 4.78 is 5.15. The number of thiophene rings is 1. The van der Waals surface area contributed by atoms with Crippen LogP contribution in [0, 0.1) is 0 Å². The summed E-state index contributed by atoms with van der Waals surface area (Å²) in [7, 11) is 0. The molecule has 2 rings (SSSR count). The van der Waals surface area contributed by atoms with Gasteiger partial charge < -0.3 is 4.74 Å². The maximum Gasteiger partial charge on any atom is 0.316 e.